The second-order valence-corrected chi connectivity index (χ2v) is 5.60. The maximum atomic E-state index is 4.29. The lowest BCUT2D eigenvalue weighted by Gasteiger charge is -2.42. The number of likely N-dealkylation sites (tertiary alicyclic amines) is 1. The quantitative estimate of drug-likeness (QED) is 0.879. The molecule has 94 valence electrons. The molecule has 1 N–H and O–H groups in total. The van der Waals surface area contributed by atoms with E-state index >= 15 is 0 Å². The summed E-state index contributed by atoms with van der Waals surface area (Å²) in [5, 5.41) is 8.68. The zero-order chi connectivity index (χ0) is 11.9. The Labute approximate surface area is 106 Å². The smallest absolute Gasteiger partial charge is 0.181 e. The molecule has 4 nitrogen and oxygen atoms in total. The van der Waals surface area contributed by atoms with Crippen molar-refractivity contribution >= 4 is 11.0 Å². The van der Waals surface area contributed by atoms with Gasteiger partial charge in [-0.3, -0.25) is 10.00 Å². The molecule has 0 bridgehead atoms. The Kier molecular flexibility index (Phi) is 2.36. The van der Waals surface area contributed by atoms with E-state index < -0.39 is 0 Å². The molecule has 0 aromatic carbocycles. The van der Waals surface area contributed by atoms with Crippen LogP contribution < -0.4 is 0 Å². The molecule has 3 heterocycles. The molecule has 0 radical (unpaired) electrons. The van der Waals surface area contributed by atoms with Gasteiger partial charge in [0.2, 0.25) is 0 Å². The van der Waals surface area contributed by atoms with Gasteiger partial charge in [-0.15, -0.1) is 0 Å². The molecular weight excluding hydrogens is 224 g/mol. The van der Waals surface area contributed by atoms with Crippen LogP contribution in [0, 0.1) is 0 Å². The number of nitrogens with zero attached hydrogens (tertiary/aromatic N) is 3. The predicted molar refractivity (Wildman–Crippen MR) is 70.5 cm³/mol. The second-order valence-electron chi connectivity index (χ2n) is 5.60. The highest BCUT2D eigenvalue weighted by molar-refractivity contribution is 5.78. The topological polar surface area (TPSA) is 44.8 Å². The van der Waals surface area contributed by atoms with E-state index in [1.807, 2.05) is 6.07 Å². The van der Waals surface area contributed by atoms with Crippen LogP contribution in [0.2, 0.25) is 0 Å². The number of aromatic nitrogens is 3. The standard InChI is InChI=1S/C14H18N4/c1-2-5-11(4-1)18-8-10(9-18)13-12-6-3-7-15-14(12)17-16-13/h3,6-7,10-11H,1-2,4-5,8-9H2,(H,15,16,17). The van der Waals surface area contributed by atoms with Crippen molar-refractivity contribution in [1.82, 2.24) is 20.1 Å². The SMILES string of the molecule is c1cnc2n[nH]c(C3CN(C4CCCC4)C3)c2c1. The number of hydrogen-bond donors (Lipinski definition) is 1. The summed E-state index contributed by atoms with van der Waals surface area (Å²) in [5.41, 5.74) is 2.14. The predicted octanol–water partition coefficient (Wildman–Crippen LogP) is 2.30. The lowest BCUT2D eigenvalue weighted by atomic mass is 9.92. The van der Waals surface area contributed by atoms with Crippen molar-refractivity contribution in [2.45, 2.75) is 37.6 Å². The highest BCUT2D eigenvalue weighted by Crippen LogP contribution is 2.35. The third-order valence-electron chi connectivity index (χ3n) is 4.52. The van der Waals surface area contributed by atoms with E-state index in [4.69, 9.17) is 0 Å². The first-order valence-corrected chi connectivity index (χ1v) is 6.95. The Morgan fingerprint density at radius 1 is 1.22 bits per heavy atom. The second kappa shape index (κ2) is 4.05. The first-order valence-electron chi connectivity index (χ1n) is 6.95. The molecule has 2 aromatic heterocycles. The van der Waals surface area contributed by atoms with E-state index in [1.165, 1.54) is 49.9 Å². The Hall–Kier alpha value is -1.42. The number of nitrogens with one attached hydrogen (secondary N) is 1. The Morgan fingerprint density at radius 2 is 2.06 bits per heavy atom. The number of rotatable bonds is 2. The van der Waals surface area contributed by atoms with Gasteiger partial charge in [0.05, 0.1) is 5.69 Å². The molecule has 1 saturated carbocycles. The molecule has 4 rings (SSSR count). The fraction of sp³-hybridized carbons (Fsp3) is 0.571. The Balaban J connectivity index is 1.52. The van der Waals surface area contributed by atoms with Crippen LogP contribution in [0.3, 0.4) is 0 Å². The minimum Gasteiger partial charge on any atom is -0.299 e. The van der Waals surface area contributed by atoms with E-state index in [-0.39, 0.29) is 0 Å². The molecule has 0 unspecified atom stereocenters. The van der Waals surface area contributed by atoms with Gasteiger partial charge in [-0.2, -0.15) is 5.10 Å². The fourth-order valence-electron chi connectivity index (χ4n) is 3.44. The van der Waals surface area contributed by atoms with Crippen molar-refractivity contribution in [3.8, 4) is 0 Å². The minimum atomic E-state index is 0.625. The maximum Gasteiger partial charge on any atom is 0.181 e. The van der Waals surface area contributed by atoms with Gasteiger partial charge >= 0.3 is 0 Å². The molecule has 0 spiro atoms. The zero-order valence-corrected chi connectivity index (χ0v) is 10.5. The van der Waals surface area contributed by atoms with Gasteiger partial charge < -0.3 is 0 Å². The molecule has 1 aliphatic carbocycles. The first-order chi connectivity index (χ1) is 8.92. The van der Waals surface area contributed by atoms with E-state index in [9.17, 15) is 0 Å². The third kappa shape index (κ3) is 1.56. The number of hydrogen-bond acceptors (Lipinski definition) is 3. The van der Waals surface area contributed by atoms with Crippen molar-refractivity contribution in [2.24, 2.45) is 0 Å². The first kappa shape index (κ1) is 10.5. The van der Waals surface area contributed by atoms with E-state index in [2.05, 4.69) is 26.1 Å². The summed E-state index contributed by atoms with van der Waals surface area (Å²) in [7, 11) is 0. The van der Waals surface area contributed by atoms with Gasteiger partial charge in [0.15, 0.2) is 5.65 Å². The summed E-state index contributed by atoms with van der Waals surface area (Å²) >= 11 is 0. The molecule has 1 aliphatic heterocycles. The average molecular weight is 242 g/mol. The van der Waals surface area contributed by atoms with Crippen molar-refractivity contribution < 1.29 is 0 Å². The highest BCUT2D eigenvalue weighted by Gasteiger charge is 2.35. The monoisotopic (exact) mass is 242 g/mol. The lowest BCUT2D eigenvalue weighted by molar-refractivity contribution is 0.0930. The molecule has 2 fully saturated rings. The van der Waals surface area contributed by atoms with Crippen LogP contribution in [0.25, 0.3) is 11.0 Å². The summed E-state index contributed by atoms with van der Waals surface area (Å²) in [6.45, 7) is 2.38. The highest BCUT2D eigenvalue weighted by atomic mass is 15.2. The van der Waals surface area contributed by atoms with Gasteiger partial charge in [-0.05, 0) is 25.0 Å². The van der Waals surface area contributed by atoms with Crippen LogP contribution in [-0.2, 0) is 0 Å². The Morgan fingerprint density at radius 3 is 2.89 bits per heavy atom. The van der Waals surface area contributed by atoms with Crippen LogP contribution in [0.15, 0.2) is 18.3 Å². The number of H-pyrrole nitrogens is 1. The lowest BCUT2D eigenvalue weighted by Crippen LogP contribution is -2.49. The van der Waals surface area contributed by atoms with Crippen LogP contribution in [0.5, 0.6) is 0 Å². The van der Waals surface area contributed by atoms with Gasteiger partial charge in [0, 0.05) is 36.6 Å². The van der Waals surface area contributed by atoms with Crippen LogP contribution in [0.4, 0.5) is 0 Å². The van der Waals surface area contributed by atoms with Crippen LogP contribution in [-0.4, -0.2) is 39.2 Å². The van der Waals surface area contributed by atoms with Crippen LogP contribution >= 0.6 is 0 Å². The van der Waals surface area contributed by atoms with E-state index in [0.717, 1.165) is 11.7 Å². The Bertz CT molecular complexity index is 550. The van der Waals surface area contributed by atoms with Crippen molar-refractivity contribution in [1.29, 1.82) is 0 Å². The van der Waals surface area contributed by atoms with Gasteiger partial charge in [-0.25, -0.2) is 4.98 Å². The van der Waals surface area contributed by atoms with Crippen LogP contribution in [0.1, 0.15) is 37.3 Å². The molecule has 18 heavy (non-hydrogen) atoms. The number of pyridine rings is 1. The van der Waals surface area contributed by atoms with Gasteiger partial charge in [0.25, 0.3) is 0 Å². The average Bonchev–Trinajstić information content (AvgIpc) is 2.97. The molecule has 0 atom stereocenters. The van der Waals surface area contributed by atoms with Gasteiger partial charge in [0.1, 0.15) is 0 Å². The molecule has 2 aliphatic rings. The maximum absolute atomic E-state index is 4.29. The number of aromatic amines is 1. The summed E-state index contributed by atoms with van der Waals surface area (Å²) in [6.07, 6.45) is 7.44. The third-order valence-corrected chi connectivity index (χ3v) is 4.52. The molecule has 0 amide bonds. The van der Waals surface area contributed by atoms with E-state index in [1.54, 1.807) is 6.20 Å². The summed E-state index contributed by atoms with van der Waals surface area (Å²) in [4.78, 5) is 6.92. The summed E-state index contributed by atoms with van der Waals surface area (Å²) in [6, 6.07) is 4.97. The fourth-order valence-corrected chi connectivity index (χ4v) is 3.44. The summed E-state index contributed by atoms with van der Waals surface area (Å²) in [5.74, 6) is 0.625. The largest absolute Gasteiger partial charge is 0.299 e. The summed E-state index contributed by atoms with van der Waals surface area (Å²) < 4.78 is 0. The molecule has 2 aromatic rings. The van der Waals surface area contributed by atoms with E-state index in [0.29, 0.717) is 5.92 Å². The molecular formula is C14H18N4. The molecule has 4 heteroatoms. The van der Waals surface area contributed by atoms with Crippen molar-refractivity contribution in [3.05, 3.63) is 24.0 Å². The van der Waals surface area contributed by atoms with Crippen molar-refractivity contribution in [3.63, 3.8) is 0 Å². The molecule has 1 saturated heterocycles. The normalized spacial score (nSPS) is 22.7. The minimum absolute atomic E-state index is 0.625. The van der Waals surface area contributed by atoms with Gasteiger partial charge in [-0.1, -0.05) is 12.8 Å². The zero-order valence-electron chi connectivity index (χ0n) is 10.5. The number of fused-ring (bicyclic) bond motifs is 1. The van der Waals surface area contributed by atoms with Crippen molar-refractivity contribution in [2.75, 3.05) is 13.1 Å².